The van der Waals surface area contributed by atoms with E-state index in [1.54, 1.807) is 0 Å². The first-order valence-electron chi connectivity index (χ1n) is 9.92. The molecule has 1 aliphatic rings. The molecule has 2 N–H and O–H groups in total. The SMILES string of the molecule is Cc1ccc(CN(Cc2ccccn2)C(=S)NC2CC(C)(C)NC(C)(C)C2)o1. The van der Waals surface area contributed by atoms with Gasteiger partial charge in [0.25, 0.3) is 0 Å². The smallest absolute Gasteiger partial charge is 0.169 e. The second-order valence-electron chi connectivity index (χ2n) is 9.14. The van der Waals surface area contributed by atoms with Crippen LogP contribution in [0.5, 0.6) is 0 Å². The quantitative estimate of drug-likeness (QED) is 0.735. The third-order valence-electron chi connectivity index (χ3n) is 5.03. The lowest BCUT2D eigenvalue weighted by Gasteiger charge is -2.47. The van der Waals surface area contributed by atoms with Crippen molar-refractivity contribution in [3.05, 3.63) is 53.7 Å². The van der Waals surface area contributed by atoms with Crippen LogP contribution in [0.15, 0.2) is 40.9 Å². The summed E-state index contributed by atoms with van der Waals surface area (Å²) in [5.41, 5.74) is 1.12. The van der Waals surface area contributed by atoms with Gasteiger partial charge in [-0.3, -0.25) is 4.98 Å². The van der Waals surface area contributed by atoms with Gasteiger partial charge >= 0.3 is 0 Å². The van der Waals surface area contributed by atoms with Crippen LogP contribution in [0, 0.1) is 6.92 Å². The molecule has 2 aromatic rings. The highest BCUT2D eigenvalue weighted by atomic mass is 32.1. The third-order valence-corrected chi connectivity index (χ3v) is 5.40. The zero-order valence-electron chi connectivity index (χ0n) is 17.6. The number of furan rings is 1. The van der Waals surface area contributed by atoms with E-state index in [4.69, 9.17) is 16.6 Å². The van der Waals surface area contributed by atoms with Crippen LogP contribution in [-0.4, -0.2) is 32.1 Å². The van der Waals surface area contributed by atoms with Crippen molar-refractivity contribution in [3.8, 4) is 0 Å². The van der Waals surface area contributed by atoms with E-state index in [9.17, 15) is 0 Å². The Labute approximate surface area is 173 Å². The normalized spacial score (nSPS) is 18.6. The van der Waals surface area contributed by atoms with Crippen LogP contribution in [-0.2, 0) is 13.1 Å². The summed E-state index contributed by atoms with van der Waals surface area (Å²) in [5, 5.41) is 8.10. The van der Waals surface area contributed by atoms with Gasteiger partial charge in [0.2, 0.25) is 0 Å². The Hall–Kier alpha value is -1.92. The molecule has 0 spiro atoms. The third kappa shape index (κ3) is 5.79. The standard InChI is InChI=1S/C22H32N4OS/c1-16-9-10-19(27-16)15-26(14-17-8-6-7-11-23-17)20(28)24-18-12-21(2,3)25-22(4,5)13-18/h6-11,18,25H,12-15H2,1-5H3,(H,24,28). The van der Waals surface area contributed by atoms with Crippen molar-refractivity contribution in [1.29, 1.82) is 0 Å². The van der Waals surface area contributed by atoms with Gasteiger partial charge in [-0.25, -0.2) is 0 Å². The number of thiocarbonyl (C=S) groups is 1. The van der Waals surface area contributed by atoms with Crippen molar-refractivity contribution in [3.63, 3.8) is 0 Å². The van der Waals surface area contributed by atoms with Crippen LogP contribution in [0.25, 0.3) is 0 Å². The van der Waals surface area contributed by atoms with Crippen LogP contribution in [0.4, 0.5) is 0 Å². The summed E-state index contributed by atoms with van der Waals surface area (Å²) >= 11 is 5.84. The molecule has 0 unspecified atom stereocenters. The molecule has 2 aromatic heterocycles. The van der Waals surface area contributed by atoms with Gasteiger partial charge in [-0.1, -0.05) is 6.07 Å². The van der Waals surface area contributed by atoms with E-state index >= 15 is 0 Å². The maximum absolute atomic E-state index is 5.84. The van der Waals surface area contributed by atoms with Gasteiger partial charge in [0, 0.05) is 23.3 Å². The molecule has 0 amide bonds. The molecule has 0 aliphatic carbocycles. The largest absolute Gasteiger partial charge is 0.464 e. The van der Waals surface area contributed by atoms with Crippen LogP contribution in [0.3, 0.4) is 0 Å². The van der Waals surface area contributed by atoms with Gasteiger partial charge in [-0.05, 0) is 83.9 Å². The predicted octanol–water partition coefficient (Wildman–Crippen LogP) is 4.17. The van der Waals surface area contributed by atoms with Crippen molar-refractivity contribution in [2.75, 3.05) is 0 Å². The van der Waals surface area contributed by atoms with E-state index in [0.29, 0.717) is 19.1 Å². The molecule has 1 saturated heterocycles. The highest BCUT2D eigenvalue weighted by Gasteiger charge is 2.38. The lowest BCUT2D eigenvalue weighted by Crippen LogP contribution is -2.62. The number of aryl methyl sites for hydroxylation is 1. The van der Waals surface area contributed by atoms with Crippen molar-refractivity contribution in [2.45, 2.75) is 77.7 Å². The Morgan fingerprint density at radius 1 is 1.18 bits per heavy atom. The molecule has 1 aliphatic heterocycles. The van der Waals surface area contributed by atoms with Gasteiger partial charge in [0.15, 0.2) is 5.11 Å². The van der Waals surface area contributed by atoms with Gasteiger partial charge in [-0.2, -0.15) is 0 Å². The van der Waals surface area contributed by atoms with Gasteiger partial charge in [0.1, 0.15) is 11.5 Å². The fourth-order valence-electron chi connectivity index (χ4n) is 4.34. The van der Waals surface area contributed by atoms with E-state index in [-0.39, 0.29) is 11.1 Å². The van der Waals surface area contributed by atoms with Crippen molar-refractivity contribution < 1.29 is 4.42 Å². The topological polar surface area (TPSA) is 53.3 Å². The summed E-state index contributed by atoms with van der Waals surface area (Å²) in [6.07, 6.45) is 3.86. The summed E-state index contributed by atoms with van der Waals surface area (Å²) in [6.45, 7) is 12.2. The molecule has 5 nitrogen and oxygen atoms in total. The Bertz CT molecular complexity index is 784. The summed E-state index contributed by atoms with van der Waals surface area (Å²) in [5.74, 6) is 1.82. The molecular formula is C22H32N4OS. The molecule has 0 aromatic carbocycles. The molecule has 1 fully saturated rings. The predicted molar refractivity (Wildman–Crippen MR) is 117 cm³/mol. The Morgan fingerprint density at radius 2 is 1.89 bits per heavy atom. The van der Waals surface area contributed by atoms with E-state index in [1.807, 2.05) is 43.5 Å². The van der Waals surface area contributed by atoms with Crippen LogP contribution >= 0.6 is 12.2 Å². The van der Waals surface area contributed by atoms with E-state index in [1.165, 1.54) is 0 Å². The fraction of sp³-hybridized carbons (Fsp3) is 0.545. The van der Waals surface area contributed by atoms with Gasteiger partial charge < -0.3 is 20.0 Å². The Morgan fingerprint density at radius 3 is 2.46 bits per heavy atom. The highest BCUT2D eigenvalue weighted by molar-refractivity contribution is 7.80. The molecular weight excluding hydrogens is 368 g/mol. The summed E-state index contributed by atoms with van der Waals surface area (Å²) < 4.78 is 5.80. The average molecular weight is 401 g/mol. The molecule has 0 bridgehead atoms. The first kappa shape index (κ1) is 20.8. The fourth-order valence-corrected chi connectivity index (χ4v) is 4.63. The van der Waals surface area contributed by atoms with Crippen molar-refractivity contribution in [2.24, 2.45) is 0 Å². The van der Waals surface area contributed by atoms with Crippen LogP contribution in [0.2, 0.25) is 0 Å². The zero-order chi connectivity index (χ0) is 20.4. The van der Waals surface area contributed by atoms with Crippen LogP contribution < -0.4 is 10.6 Å². The van der Waals surface area contributed by atoms with E-state index < -0.39 is 0 Å². The lowest BCUT2D eigenvalue weighted by molar-refractivity contribution is 0.153. The first-order chi connectivity index (χ1) is 13.1. The zero-order valence-corrected chi connectivity index (χ0v) is 18.4. The minimum absolute atomic E-state index is 0.0684. The van der Waals surface area contributed by atoms with Crippen molar-refractivity contribution >= 4 is 17.3 Å². The molecule has 152 valence electrons. The summed E-state index contributed by atoms with van der Waals surface area (Å²) in [7, 11) is 0. The molecule has 0 atom stereocenters. The van der Waals surface area contributed by atoms with Crippen LogP contribution in [0.1, 0.15) is 57.8 Å². The minimum Gasteiger partial charge on any atom is -0.464 e. The summed E-state index contributed by atoms with van der Waals surface area (Å²) in [6, 6.07) is 10.3. The van der Waals surface area contributed by atoms with E-state index in [0.717, 1.165) is 35.2 Å². The number of hydrogen-bond acceptors (Lipinski definition) is 4. The lowest BCUT2D eigenvalue weighted by atomic mass is 9.80. The number of piperidine rings is 1. The maximum atomic E-state index is 5.84. The first-order valence-corrected chi connectivity index (χ1v) is 10.3. The second-order valence-corrected chi connectivity index (χ2v) is 9.52. The Balaban J connectivity index is 1.73. The molecule has 0 radical (unpaired) electrons. The van der Waals surface area contributed by atoms with Gasteiger partial charge in [0.05, 0.1) is 18.8 Å². The molecule has 3 rings (SSSR count). The Kier molecular flexibility index (Phi) is 6.10. The average Bonchev–Trinajstić information content (AvgIpc) is 2.97. The molecule has 0 saturated carbocycles. The number of rotatable bonds is 5. The number of hydrogen-bond donors (Lipinski definition) is 2. The minimum atomic E-state index is 0.0684. The molecule has 3 heterocycles. The maximum Gasteiger partial charge on any atom is 0.169 e. The van der Waals surface area contributed by atoms with Gasteiger partial charge in [-0.15, -0.1) is 0 Å². The second kappa shape index (κ2) is 8.21. The van der Waals surface area contributed by atoms with Crippen molar-refractivity contribution in [1.82, 2.24) is 20.5 Å². The number of pyridine rings is 1. The number of nitrogens with zero attached hydrogens (tertiary/aromatic N) is 2. The monoisotopic (exact) mass is 400 g/mol. The molecule has 28 heavy (non-hydrogen) atoms. The van der Waals surface area contributed by atoms with E-state index in [2.05, 4.69) is 48.2 Å². The molecule has 6 heteroatoms. The highest BCUT2D eigenvalue weighted by Crippen LogP contribution is 2.28. The summed E-state index contributed by atoms with van der Waals surface area (Å²) in [4.78, 5) is 6.61. The number of aromatic nitrogens is 1. The number of nitrogens with one attached hydrogen (secondary N) is 2.